The summed E-state index contributed by atoms with van der Waals surface area (Å²) in [6, 6.07) is 5.09. The first-order chi connectivity index (χ1) is 9.97. The van der Waals surface area contributed by atoms with Gasteiger partial charge in [-0.15, -0.1) is 0 Å². The Hall–Kier alpha value is -1.72. The Kier molecular flexibility index (Phi) is 5.09. The number of hydrogen-bond donors (Lipinski definition) is 2. The molecule has 1 saturated carbocycles. The van der Waals surface area contributed by atoms with E-state index in [0.29, 0.717) is 12.3 Å². The van der Waals surface area contributed by atoms with Crippen molar-refractivity contribution < 1.29 is 18.0 Å². The van der Waals surface area contributed by atoms with E-state index in [1.165, 1.54) is 24.6 Å². The van der Waals surface area contributed by atoms with E-state index in [-0.39, 0.29) is 11.6 Å². The zero-order chi connectivity index (χ0) is 15.3. The molecule has 1 fully saturated rings. The molecule has 1 aliphatic rings. The van der Waals surface area contributed by atoms with Gasteiger partial charge in [0.2, 0.25) is 5.91 Å². The van der Waals surface area contributed by atoms with Crippen LogP contribution in [0.5, 0.6) is 0 Å². The minimum Gasteiger partial charge on any atom is -0.298 e. The molecule has 0 bridgehead atoms. The molecule has 3 nitrogen and oxygen atoms in total. The van der Waals surface area contributed by atoms with E-state index in [1.54, 1.807) is 0 Å². The molecule has 0 aromatic heterocycles. The van der Waals surface area contributed by atoms with Crippen LogP contribution in [-0.2, 0) is 11.0 Å². The smallest absolute Gasteiger partial charge is 0.298 e. The topological polar surface area (TPSA) is 41.1 Å². The number of hydrazine groups is 1. The second kappa shape index (κ2) is 6.83. The minimum absolute atomic E-state index is 0.137. The van der Waals surface area contributed by atoms with Gasteiger partial charge in [-0.1, -0.05) is 31.4 Å². The lowest BCUT2D eigenvalue weighted by Gasteiger charge is -2.21. The van der Waals surface area contributed by atoms with Gasteiger partial charge in [0.1, 0.15) is 0 Å². The molecule has 1 aromatic rings. The molecular weight excluding hydrogens is 281 g/mol. The van der Waals surface area contributed by atoms with Crippen LogP contribution < -0.4 is 10.9 Å². The number of hydrogen-bond acceptors (Lipinski definition) is 2. The van der Waals surface area contributed by atoms with E-state index < -0.39 is 11.7 Å². The number of amides is 1. The summed E-state index contributed by atoms with van der Waals surface area (Å²) in [4.78, 5) is 11.8. The van der Waals surface area contributed by atoms with Crippen molar-refractivity contribution in [3.8, 4) is 0 Å². The molecule has 0 unspecified atom stereocenters. The molecule has 0 atom stereocenters. The van der Waals surface area contributed by atoms with Crippen LogP contribution in [0.15, 0.2) is 24.3 Å². The van der Waals surface area contributed by atoms with E-state index in [9.17, 15) is 18.0 Å². The first-order valence-corrected chi connectivity index (χ1v) is 7.18. The molecule has 6 heteroatoms. The van der Waals surface area contributed by atoms with Crippen LogP contribution in [0.3, 0.4) is 0 Å². The Morgan fingerprint density at radius 2 is 1.81 bits per heavy atom. The van der Waals surface area contributed by atoms with Crippen LogP contribution in [0.25, 0.3) is 0 Å². The molecule has 1 amide bonds. The maximum Gasteiger partial charge on any atom is 0.418 e. The number of para-hydroxylation sites is 1. The molecule has 1 aliphatic carbocycles. The molecule has 0 radical (unpaired) electrons. The van der Waals surface area contributed by atoms with Crippen molar-refractivity contribution in [2.45, 2.75) is 44.7 Å². The predicted octanol–water partition coefficient (Wildman–Crippen LogP) is 4.12. The predicted molar refractivity (Wildman–Crippen MR) is 74.4 cm³/mol. The molecule has 2 N–H and O–H groups in total. The number of anilines is 1. The SMILES string of the molecule is O=C(CC1CCCCC1)NNc1ccccc1C(F)(F)F. The first kappa shape index (κ1) is 15.7. The third-order valence-corrected chi connectivity index (χ3v) is 3.77. The zero-order valence-electron chi connectivity index (χ0n) is 11.7. The molecule has 21 heavy (non-hydrogen) atoms. The van der Waals surface area contributed by atoms with Crippen molar-refractivity contribution in [1.29, 1.82) is 0 Å². The number of carbonyl (C=O) groups excluding carboxylic acids is 1. The highest BCUT2D eigenvalue weighted by Gasteiger charge is 2.33. The van der Waals surface area contributed by atoms with Crippen molar-refractivity contribution in [2.24, 2.45) is 5.92 Å². The lowest BCUT2D eigenvalue weighted by Crippen LogP contribution is -2.32. The van der Waals surface area contributed by atoms with Crippen molar-refractivity contribution in [2.75, 3.05) is 5.43 Å². The third-order valence-electron chi connectivity index (χ3n) is 3.77. The van der Waals surface area contributed by atoms with E-state index in [0.717, 1.165) is 31.7 Å². The van der Waals surface area contributed by atoms with Gasteiger partial charge < -0.3 is 0 Å². The molecule has 2 rings (SSSR count). The Morgan fingerprint density at radius 1 is 1.14 bits per heavy atom. The van der Waals surface area contributed by atoms with E-state index in [2.05, 4.69) is 10.9 Å². The van der Waals surface area contributed by atoms with E-state index >= 15 is 0 Å². The number of nitrogens with one attached hydrogen (secondary N) is 2. The lowest BCUT2D eigenvalue weighted by atomic mass is 9.87. The maximum atomic E-state index is 12.8. The van der Waals surface area contributed by atoms with Gasteiger partial charge in [-0.3, -0.25) is 15.6 Å². The summed E-state index contributed by atoms with van der Waals surface area (Å²) in [6.07, 6.45) is 1.41. The fourth-order valence-electron chi connectivity index (χ4n) is 2.68. The van der Waals surface area contributed by atoms with Gasteiger partial charge >= 0.3 is 6.18 Å². The van der Waals surface area contributed by atoms with E-state index in [4.69, 9.17) is 0 Å². The molecule has 0 heterocycles. The Balaban J connectivity index is 1.89. The summed E-state index contributed by atoms with van der Waals surface area (Å²) in [5, 5.41) is 0. The fraction of sp³-hybridized carbons (Fsp3) is 0.533. The van der Waals surface area contributed by atoms with Crippen molar-refractivity contribution in [1.82, 2.24) is 5.43 Å². The second-order valence-corrected chi connectivity index (χ2v) is 5.42. The van der Waals surface area contributed by atoms with Gasteiger partial charge in [0, 0.05) is 6.42 Å². The quantitative estimate of drug-likeness (QED) is 0.821. The van der Waals surface area contributed by atoms with Crippen LogP contribution in [0.1, 0.15) is 44.1 Å². The van der Waals surface area contributed by atoms with Crippen LogP contribution in [0.2, 0.25) is 0 Å². The maximum absolute atomic E-state index is 12.8. The first-order valence-electron chi connectivity index (χ1n) is 7.18. The fourth-order valence-corrected chi connectivity index (χ4v) is 2.68. The average Bonchev–Trinajstić information content (AvgIpc) is 2.45. The number of benzene rings is 1. The lowest BCUT2D eigenvalue weighted by molar-refractivity contribution is -0.137. The van der Waals surface area contributed by atoms with Crippen LogP contribution in [0.4, 0.5) is 18.9 Å². The molecular formula is C15H19F3N2O. The van der Waals surface area contributed by atoms with Crippen LogP contribution >= 0.6 is 0 Å². The van der Waals surface area contributed by atoms with Crippen molar-refractivity contribution in [3.05, 3.63) is 29.8 Å². The zero-order valence-corrected chi connectivity index (χ0v) is 11.7. The number of rotatable bonds is 4. The number of alkyl halides is 3. The molecule has 1 aromatic carbocycles. The second-order valence-electron chi connectivity index (χ2n) is 5.42. The van der Waals surface area contributed by atoms with Gasteiger partial charge in [-0.25, -0.2) is 0 Å². The average molecular weight is 300 g/mol. The number of halogens is 3. The summed E-state index contributed by atoms with van der Waals surface area (Å²) in [5.74, 6) is 0.0808. The van der Waals surface area contributed by atoms with Crippen molar-refractivity contribution in [3.63, 3.8) is 0 Å². The van der Waals surface area contributed by atoms with Crippen LogP contribution in [-0.4, -0.2) is 5.91 Å². The summed E-state index contributed by atoms with van der Waals surface area (Å²) in [7, 11) is 0. The van der Waals surface area contributed by atoms with E-state index in [1.807, 2.05) is 0 Å². The van der Waals surface area contributed by atoms with Gasteiger partial charge in [0.15, 0.2) is 0 Å². The summed E-state index contributed by atoms with van der Waals surface area (Å²) in [5.41, 5.74) is 3.83. The van der Waals surface area contributed by atoms with Gasteiger partial charge in [0.25, 0.3) is 0 Å². The van der Waals surface area contributed by atoms with Gasteiger partial charge in [-0.05, 0) is 30.9 Å². The third kappa shape index (κ3) is 4.65. The largest absolute Gasteiger partial charge is 0.418 e. The molecule has 116 valence electrons. The highest BCUT2D eigenvalue weighted by molar-refractivity contribution is 5.77. The summed E-state index contributed by atoms with van der Waals surface area (Å²) < 4.78 is 38.4. The Labute approximate surface area is 121 Å². The highest BCUT2D eigenvalue weighted by Crippen LogP contribution is 2.34. The Bertz CT molecular complexity index is 482. The molecule has 0 saturated heterocycles. The normalized spacial score (nSPS) is 16.5. The minimum atomic E-state index is -4.45. The Morgan fingerprint density at radius 3 is 2.48 bits per heavy atom. The molecule has 0 spiro atoms. The summed E-state index contributed by atoms with van der Waals surface area (Å²) in [6.45, 7) is 0. The van der Waals surface area contributed by atoms with Crippen molar-refractivity contribution >= 4 is 11.6 Å². The number of carbonyl (C=O) groups is 1. The molecule has 0 aliphatic heterocycles. The summed E-state index contributed by atoms with van der Waals surface area (Å²) >= 11 is 0. The monoisotopic (exact) mass is 300 g/mol. The standard InChI is InChI=1S/C15H19F3N2O/c16-15(17,18)12-8-4-5-9-13(12)19-20-14(21)10-11-6-2-1-3-7-11/h4-5,8-9,11,19H,1-3,6-7,10H2,(H,20,21). The van der Waals surface area contributed by atoms with Crippen LogP contribution in [0, 0.1) is 5.92 Å². The van der Waals surface area contributed by atoms with Gasteiger partial charge in [0.05, 0.1) is 11.3 Å². The van der Waals surface area contributed by atoms with Gasteiger partial charge in [-0.2, -0.15) is 13.2 Å². The highest BCUT2D eigenvalue weighted by atomic mass is 19.4.